The van der Waals surface area contributed by atoms with Crippen molar-refractivity contribution in [1.82, 2.24) is 15.5 Å². The highest BCUT2D eigenvalue weighted by atomic mass is 35.5. The summed E-state index contributed by atoms with van der Waals surface area (Å²) >= 11 is 10.7. The van der Waals surface area contributed by atoms with E-state index >= 15 is 0 Å². The van der Waals surface area contributed by atoms with Crippen LogP contribution in [0.1, 0.15) is 17.0 Å². The summed E-state index contributed by atoms with van der Waals surface area (Å²) in [6.07, 6.45) is -4.56. The first-order chi connectivity index (χ1) is 13.2. The summed E-state index contributed by atoms with van der Waals surface area (Å²) in [5.74, 6) is 0.722. The maximum absolute atomic E-state index is 12.9. The molecule has 28 heavy (non-hydrogen) atoms. The van der Waals surface area contributed by atoms with Gasteiger partial charge in [0.1, 0.15) is 0 Å². The minimum Gasteiger partial charge on any atom is -0.353 e. The van der Waals surface area contributed by atoms with Crippen LogP contribution in [-0.2, 0) is 12.7 Å². The number of nitrogens with zero attached hydrogens (tertiary/aromatic N) is 2. The second-order valence-electron chi connectivity index (χ2n) is 5.88. The number of nitrogens with one attached hydrogen (secondary N) is 2. The molecule has 0 aliphatic heterocycles. The Morgan fingerprint density at radius 2 is 2.00 bits per heavy atom. The smallest absolute Gasteiger partial charge is 0.353 e. The molecule has 10 heteroatoms. The summed E-state index contributed by atoms with van der Waals surface area (Å²) in [5.41, 5.74) is 1.09. The fraction of sp³-hybridized carbons (Fsp3) is 0.167. The zero-order valence-electron chi connectivity index (χ0n) is 14.5. The number of hydrogen-bond donors (Lipinski definition) is 2. The van der Waals surface area contributed by atoms with Crippen LogP contribution in [0.4, 0.5) is 18.9 Å². The number of benzene rings is 2. The lowest BCUT2D eigenvalue weighted by Gasteiger charge is -2.13. The summed E-state index contributed by atoms with van der Waals surface area (Å²) in [6, 6.07) is 11.1. The summed E-state index contributed by atoms with van der Waals surface area (Å²) in [6.45, 7) is 2.07. The topological polar surface area (TPSA) is 63.0 Å². The number of anilines is 1. The van der Waals surface area contributed by atoms with Crippen LogP contribution in [0.15, 0.2) is 47.0 Å². The summed E-state index contributed by atoms with van der Waals surface area (Å²) in [7, 11) is 0. The average molecular weight is 427 g/mol. The van der Waals surface area contributed by atoms with Crippen LogP contribution in [0, 0.1) is 6.92 Å². The van der Waals surface area contributed by atoms with Crippen molar-refractivity contribution in [2.24, 2.45) is 0 Å². The van der Waals surface area contributed by atoms with Crippen molar-refractivity contribution < 1.29 is 17.7 Å². The van der Waals surface area contributed by atoms with Crippen molar-refractivity contribution in [3.8, 4) is 11.4 Å². The SMILES string of the molecule is Cc1cccc(-c2noc(CNC(=S)Nc3ccc(Cl)c(C(F)(F)F)c3)n2)c1. The quantitative estimate of drug-likeness (QED) is 0.559. The van der Waals surface area contributed by atoms with Crippen LogP contribution < -0.4 is 10.6 Å². The van der Waals surface area contributed by atoms with Gasteiger partial charge in [0.25, 0.3) is 0 Å². The Hall–Kier alpha value is -2.65. The Morgan fingerprint density at radius 3 is 2.71 bits per heavy atom. The van der Waals surface area contributed by atoms with E-state index in [2.05, 4.69) is 20.8 Å². The number of aromatic nitrogens is 2. The number of aryl methyl sites for hydroxylation is 1. The van der Waals surface area contributed by atoms with Gasteiger partial charge in [-0.1, -0.05) is 40.5 Å². The number of rotatable bonds is 4. The second-order valence-corrected chi connectivity index (χ2v) is 6.70. The molecule has 0 spiro atoms. The average Bonchev–Trinajstić information content (AvgIpc) is 3.10. The highest BCUT2D eigenvalue weighted by Crippen LogP contribution is 2.36. The predicted octanol–water partition coefficient (Wildman–Crippen LogP) is 5.20. The zero-order valence-corrected chi connectivity index (χ0v) is 16.0. The molecule has 0 saturated heterocycles. The minimum absolute atomic E-state index is 0.103. The van der Waals surface area contributed by atoms with E-state index in [0.717, 1.165) is 23.3 Å². The minimum atomic E-state index is -4.56. The Balaban J connectivity index is 1.61. The van der Waals surface area contributed by atoms with Crippen LogP contribution in [0.5, 0.6) is 0 Å². The lowest BCUT2D eigenvalue weighted by molar-refractivity contribution is -0.137. The standard InChI is InChI=1S/C18H14ClF3N4OS/c1-10-3-2-4-11(7-10)16-25-15(27-26-16)9-23-17(28)24-12-5-6-14(19)13(8-12)18(20,21)22/h2-8H,9H2,1H3,(H2,23,24,28). The Labute approximate surface area is 168 Å². The number of hydrogen-bond acceptors (Lipinski definition) is 4. The van der Waals surface area contributed by atoms with Gasteiger partial charge in [0.15, 0.2) is 5.11 Å². The van der Waals surface area contributed by atoms with Crippen LogP contribution in [0.25, 0.3) is 11.4 Å². The van der Waals surface area contributed by atoms with Gasteiger partial charge in [0.05, 0.1) is 17.1 Å². The number of halogens is 4. The zero-order chi connectivity index (χ0) is 20.3. The molecule has 3 aromatic rings. The lowest BCUT2D eigenvalue weighted by Crippen LogP contribution is -2.28. The predicted molar refractivity (Wildman–Crippen MR) is 104 cm³/mol. The summed E-state index contributed by atoms with van der Waals surface area (Å²) in [4.78, 5) is 4.26. The first kappa shape index (κ1) is 20.1. The number of thiocarbonyl (C=S) groups is 1. The second kappa shape index (κ2) is 8.15. The fourth-order valence-electron chi connectivity index (χ4n) is 2.38. The van der Waals surface area contributed by atoms with E-state index in [1.807, 2.05) is 31.2 Å². The molecule has 1 aromatic heterocycles. The molecule has 0 saturated carbocycles. The first-order valence-corrected chi connectivity index (χ1v) is 8.82. The van der Waals surface area contributed by atoms with Crippen molar-refractivity contribution in [2.75, 3.05) is 5.32 Å². The normalized spacial score (nSPS) is 11.3. The van der Waals surface area contributed by atoms with E-state index < -0.39 is 11.7 Å². The van der Waals surface area contributed by atoms with E-state index in [1.165, 1.54) is 6.07 Å². The molecule has 2 N–H and O–H groups in total. The molecule has 0 fully saturated rings. The molecule has 0 unspecified atom stereocenters. The third-order valence-electron chi connectivity index (χ3n) is 3.67. The van der Waals surface area contributed by atoms with Crippen molar-refractivity contribution in [3.63, 3.8) is 0 Å². The van der Waals surface area contributed by atoms with Gasteiger partial charge in [0.2, 0.25) is 11.7 Å². The largest absolute Gasteiger partial charge is 0.417 e. The lowest BCUT2D eigenvalue weighted by atomic mass is 10.1. The molecule has 1 heterocycles. The van der Waals surface area contributed by atoms with Crippen LogP contribution in [-0.4, -0.2) is 15.3 Å². The van der Waals surface area contributed by atoms with Gasteiger partial charge < -0.3 is 15.2 Å². The highest BCUT2D eigenvalue weighted by molar-refractivity contribution is 7.80. The summed E-state index contributed by atoms with van der Waals surface area (Å²) < 4.78 is 43.9. The van der Waals surface area contributed by atoms with E-state index in [-0.39, 0.29) is 28.3 Å². The van der Waals surface area contributed by atoms with E-state index in [1.54, 1.807) is 0 Å². The van der Waals surface area contributed by atoms with Gasteiger partial charge in [0, 0.05) is 11.3 Å². The van der Waals surface area contributed by atoms with Gasteiger partial charge in [-0.25, -0.2) is 0 Å². The van der Waals surface area contributed by atoms with Crippen LogP contribution >= 0.6 is 23.8 Å². The van der Waals surface area contributed by atoms with Gasteiger partial charge in [-0.15, -0.1) is 0 Å². The van der Waals surface area contributed by atoms with Crippen LogP contribution in [0.2, 0.25) is 5.02 Å². The molecule has 146 valence electrons. The van der Waals surface area contributed by atoms with Gasteiger partial charge in [-0.05, 0) is 43.4 Å². The maximum Gasteiger partial charge on any atom is 0.417 e. The molecular formula is C18H14ClF3N4OS. The molecule has 0 amide bonds. The Morgan fingerprint density at radius 1 is 1.21 bits per heavy atom. The maximum atomic E-state index is 12.9. The van der Waals surface area contributed by atoms with E-state index in [4.69, 9.17) is 28.3 Å². The van der Waals surface area contributed by atoms with E-state index in [9.17, 15) is 13.2 Å². The molecule has 5 nitrogen and oxygen atoms in total. The molecule has 0 atom stereocenters. The van der Waals surface area contributed by atoms with Crippen molar-refractivity contribution in [1.29, 1.82) is 0 Å². The molecule has 0 aliphatic rings. The molecule has 0 radical (unpaired) electrons. The molecule has 2 aromatic carbocycles. The van der Waals surface area contributed by atoms with Crippen molar-refractivity contribution in [2.45, 2.75) is 19.6 Å². The molecular weight excluding hydrogens is 413 g/mol. The highest BCUT2D eigenvalue weighted by Gasteiger charge is 2.33. The molecule has 3 rings (SSSR count). The van der Waals surface area contributed by atoms with Crippen molar-refractivity contribution >= 4 is 34.6 Å². The van der Waals surface area contributed by atoms with Gasteiger partial charge in [-0.3, -0.25) is 0 Å². The van der Waals surface area contributed by atoms with Crippen molar-refractivity contribution in [3.05, 3.63) is 64.5 Å². The fourth-order valence-corrected chi connectivity index (χ4v) is 2.79. The van der Waals surface area contributed by atoms with Crippen LogP contribution in [0.3, 0.4) is 0 Å². The number of alkyl halides is 3. The third kappa shape index (κ3) is 4.99. The van der Waals surface area contributed by atoms with E-state index in [0.29, 0.717) is 5.82 Å². The monoisotopic (exact) mass is 426 g/mol. The molecule has 0 bridgehead atoms. The van der Waals surface area contributed by atoms with Gasteiger partial charge in [-0.2, -0.15) is 18.2 Å². The van der Waals surface area contributed by atoms with Gasteiger partial charge >= 0.3 is 6.18 Å². The summed E-state index contributed by atoms with van der Waals surface area (Å²) in [5, 5.41) is 9.10. The Bertz CT molecular complexity index is 1010. The third-order valence-corrected chi connectivity index (χ3v) is 4.25. The molecule has 0 aliphatic carbocycles. The Kier molecular flexibility index (Phi) is 5.85. The first-order valence-electron chi connectivity index (χ1n) is 8.03.